The van der Waals surface area contributed by atoms with Crippen molar-refractivity contribution in [2.45, 2.75) is 50.7 Å². The molecule has 1 heterocycles. The van der Waals surface area contributed by atoms with Crippen LogP contribution in [0.25, 0.3) is 0 Å². The molecule has 5 heteroatoms. The van der Waals surface area contributed by atoms with Crippen molar-refractivity contribution in [2.75, 3.05) is 13.2 Å². The van der Waals surface area contributed by atoms with Gasteiger partial charge in [0, 0.05) is 19.6 Å². The lowest BCUT2D eigenvalue weighted by molar-refractivity contribution is -0.137. The average Bonchev–Trinajstić information content (AvgIpc) is 2.79. The molecule has 17 heavy (non-hydrogen) atoms. The highest BCUT2D eigenvalue weighted by Crippen LogP contribution is 2.16. The fraction of sp³-hybridized carbons (Fsp3) is 0.833. The number of rotatable bonds is 7. The van der Waals surface area contributed by atoms with Crippen LogP contribution >= 0.6 is 0 Å². The number of hydrogen-bond donors (Lipinski definition) is 2. The van der Waals surface area contributed by atoms with Gasteiger partial charge in [-0.2, -0.15) is 5.26 Å². The Hall–Kier alpha value is -1.12. The van der Waals surface area contributed by atoms with E-state index < -0.39 is 11.5 Å². The maximum Gasteiger partial charge on any atom is 0.303 e. The summed E-state index contributed by atoms with van der Waals surface area (Å²) >= 11 is 0. The normalized spacial score (nSPS) is 22.9. The second kappa shape index (κ2) is 6.58. The molecule has 1 saturated heterocycles. The van der Waals surface area contributed by atoms with Gasteiger partial charge in [0.25, 0.3) is 0 Å². The van der Waals surface area contributed by atoms with Crippen molar-refractivity contribution in [3.05, 3.63) is 0 Å². The van der Waals surface area contributed by atoms with E-state index in [-0.39, 0.29) is 12.5 Å². The Bertz CT molecular complexity index is 295. The van der Waals surface area contributed by atoms with Crippen LogP contribution in [0, 0.1) is 11.3 Å². The molecule has 1 fully saturated rings. The highest BCUT2D eigenvalue weighted by Gasteiger charge is 2.25. The molecule has 0 spiro atoms. The smallest absolute Gasteiger partial charge is 0.303 e. The molecule has 0 radical (unpaired) electrons. The van der Waals surface area contributed by atoms with Crippen LogP contribution in [0.2, 0.25) is 0 Å². The number of nitrogens with one attached hydrogen (secondary N) is 1. The predicted molar refractivity (Wildman–Crippen MR) is 62.5 cm³/mol. The van der Waals surface area contributed by atoms with Crippen molar-refractivity contribution in [3.63, 3.8) is 0 Å². The van der Waals surface area contributed by atoms with E-state index in [9.17, 15) is 4.79 Å². The molecule has 2 N–H and O–H groups in total. The fourth-order valence-corrected chi connectivity index (χ4v) is 1.92. The number of ether oxygens (including phenoxy) is 1. The lowest BCUT2D eigenvalue weighted by Crippen LogP contribution is -2.44. The van der Waals surface area contributed by atoms with Crippen molar-refractivity contribution >= 4 is 5.97 Å². The second-order valence-electron chi connectivity index (χ2n) is 4.71. The Morgan fingerprint density at radius 3 is 3.00 bits per heavy atom. The quantitative estimate of drug-likeness (QED) is 0.700. The minimum Gasteiger partial charge on any atom is -0.481 e. The van der Waals surface area contributed by atoms with Gasteiger partial charge in [0.15, 0.2) is 0 Å². The summed E-state index contributed by atoms with van der Waals surface area (Å²) in [7, 11) is 0. The first-order valence-electron chi connectivity index (χ1n) is 6.05. The van der Waals surface area contributed by atoms with E-state index in [0.29, 0.717) is 19.4 Å². The molecule has 0 aromatic rings. The minimum atomic E-state index is -0.815. The topological polar surface area (TPSA) is 82.4 Å². The third-order valence-corrected chi connectivity index (χ3v) is 3.06. The Morgan fingerprint density at radius 2 is 2.47 bits per heavy atom. The molecule has 2 atom stereocenters. The number of aliphatic carboxylic acids is 1. The highest BCUT2D eigenvalue weighted by molar-refractivity contribution is 5.66. The molecule has 0 aliphatic carbocycles. The molecule has 1 aliphatic heterocycles. The number of carbonyl (C=O) groups is 1. The summed E-state index contributed by atoms with van der Waals surface area (Å²) in [5.41, 5.74) is -0.651. The number of nitriles is 1. The van der Waals surface area contributed by atoms with Crippen LogP contribution < -0.4 is 5.32 Å². The molecule has 1 aliphatic rings. The van der Waals surface area contributed by atoms with Crippen LogP contribution in [0.15, 0.2) is 0 Å². The SMILES string of the molecule is CC(C#N)(CCCC(=O)O)NCC1CCCO1. The Kier molecular flexibility index (Phi) is 5.39. The summed E-state index contributed by atoms with van der Waals surface area (Å²) in [4.78, 5) is 10.4. The van der Waals surface area contributed by atoms with Crippen molar-refractivity contribution in [2.24, 2.45) is 0 Å². The van der Waals surface area contributed by atoms with E-state index in [1.165, 1.54) is 0 Å². The first-order chi connectivity index (χ1) is 8.06. The van der Waals surface area contributed by atoms with E-state index in [1.807, 2.05) is 6.92 Å². The van der Waals surface area contributed by atoms with Gasteiger partial charge < -0.3 is 9.84 Å². The number of hydrogen-bond acceptors (Lipinski definition) is 4. The highest BCUT2D eigenvalue weighted by atomic mass is 16.5. The Labute approximate surface area is 102 Å². The van der Waals surface area contributed by atoms with Crippen LogP contribution in [0.3, 0.4) is 0 Å². The zero-order valence-electron chi connectivity index (χ0n) is 10.2. The zero-order chi connectivity index (χ0) is 12.7. The molecule has 0 bridgehead atoms. The molecular weight excluding hydrogens is 220 g/mol. The number of carboxylic acid groups (broad SMARTS) is 1. The molecule has 0 aromatic carbocycles. The van der Waals surface area contributed by atoms with Gasteiger partial charge in [0.2, 0.25) is 0 Å². The lowest BCUT2D eigenvalue weighted by atomic mass is 9.96. The first-order valence-corrected chi connectivity index (χ1v) is 6.05. The Morgan fingerprint density at radius 1 is 1.71 bits per heavy atom. The molecule has 0 saturated carbocycles. The maximum absolute atomic E-state index is 10.4. The van der Waals surface area contributed by atoms with Crippen LogP contribution in [-0.4, -0.2) is 35.9 Å². The molecular formula is C12H20N2O3. The van der Waals surface area contributed by atoms with Gasteiger partial charge in [-0.05, 0) is 32.6 Å². The van der Waals surface area contributed by atoms with E-state index in [1.54, 1.807) is 0 Å². The maximum atomic E-state index is 10.4. The predicted octanol–water partition coefficient (Wildman–Crippen LogP) is 1.29. The molecule has 0 aromatic heterocycles. The van der Waals surface area contributed by atoms with Crippen molar-refractivity contribution in [1.29, 1.82) is 5.26 Å². The van der Waals surface area contributed by atoms with Gasteiger partial charge in [-0.25, -0.2) is 0 Å². The van der Waals surface area contributed by atoms with Crippen LogP contribution in [0.4, 0.5) is 0 Å². The summed E-state index contributed by atoms with van der Waals surface area (Å²) in [5, 5.41) is 20.9. The summed E-state index contributed by atoms with van der Waals surface area (Å²) in [6.45, 7) is 3.27. The lowest BCUT2D eigenvalue weighted by Gasteiger charge is -2.24. The van der Waals surface area contributed by atoms with Crippen LogP contribution in [0.1, 0.15) is 39.0 Å². The van der Waals surface area contributed by atoms with Crippen molar-refractivity contribution in [1.82, 2.24) is 5.32 Å². The largest absolute Gasteiger partial charge is 0.481 e. The summed E-state index contributed by atoms with van der Waals surface area (Å²) in [5.74, 6) is -0.815. The third kappa shape index (κ3) is 5.16. The van der Waals surface area contributed by atoms with E-state index in [2.05, 4.69) is 11.4 Å². The molecule has 2 unspecified atom stereocenters. The molecule has 96 valence electrons. The summed E-state index contributed by atoms with van der Waals surface area (Å²) in [6.07, 6.45) is 3.47. The van der Waals surface area contributed by atoms with Gasteiger partial charge in [-0.15, -0.1) is 0 Å². The number of carboxylic acids is 1. The van der Waals surface area contributed by atoms with E-state index in [0.717, 1.165) is 19.4 Å². The Balaban J connectivity index is 2.28. The molecule has 1 rings (SSSR count). The third-order valence-electron chi connectivity index (χ3n) is 3.06. The first kappa shape index (κ1) is 13.9. The van der Waals surface area contributed by atoms with Crippen LogP contribution in [-0.2, 0) is 9.53 Å². The zero-order valence-corrected chi connectivity index (χ0v) is 10.2. The summed E-state index contributed by atoms with van der Waals surface area (Å²) < 4.78 is 5.47. The minimum absolute atomic E-state index is 0.110. The molecule has 0 amide bonds. The van der Waals surface area contributed by atoms with Crippen molar-refractivity contribution in [3.8, 4) is 6.07 Å². The van der Waals surface area contributed by atoms with E-state index in [4.69, 9.17) is 15.1 Å². The molecule has 5 nitrogen and oxygen atoms in total. The van der Waals surface area contributed by atoms with Gasteiger partial charge in [0.1, 0.15) is 5.54 Å². The van der Waals surface area contributed by atoms with Crippen molar-refractivity contribution < 1.29 is 14.6 Å². The van der Waals surface area contributed by atoms with Gasteiger partial charge in [0.05, 0.1) is 12.2 Å². The monoisotopic (exact) mass is 240 g/mol. The van der Waals surface area contributed by atoms with Gasteiger partial charge in [-0.1, -0.05) is 0 Å². The van der Waals surface area contributed by atoms with Gasteiger partial charge in [-0.3, -0.25) is 10.1 Å². The summed E-state index contributed by atoms with van der Waals surface area (Å²) in [6, 6.07) is 2.22. The second-order valence-corrected chi connectivity index (χ2v) is 4.71. The number of nitrogens with zero attached hydrogens (tertiary/aromatic N) is 1. The van der Waals surface area contributed by atoms with Crippen LogP contribution in [0.5, 0.6) is 0 Å². The average molecular weight is 240 g/mol. The fourth-order valence-electron chi connectivity index (χ4n) is 1.92. The van der Waals surface area contributed by atoms with E-state index >= 15 is 0 Å². The van der Waals surface area contributed by atoms with Gasteiger partial charge >= 0.3 is 5.97 Å². The standard InChI is InChI=1S/C12H20N2O3/c1-12(9-13,6-2-5-11(15)16)14-8-10-4-3-7-17-10/h10,14H,2-8H2,1H3,(H,15,16).